The highest BCUT2D eigenvalue weighted by atomic mass is 35.5. The molecule has 0 bridgehead atoms. The number of nitrogens with zero attached hydrogens (tertiary/aromatic N) is 2. The maximum atomic E-state index is 11.4. The molecule has 0 saturated carbocycles. The summed E-state index contributed by atoms with van der Waals surface area (Å²) in [5, 5.41) is 19.6. The van der Waals surface area contributed by atoms with Gasteiger partial charge in [0.1, 0.15) is 5.76 Å². The monoisotopic (exact) mass is 452 g/mol. The van der Waals surface area contributed by atoms with E-state index < -0.39 is 5.97 Å². The Morgan fingerprint density at radius 1 is 1.25 bits per heavy atom. The summed E-state index contributed by atoms with van der Waals surface area (Å²) in [6.45, 7) is 0.998. The first-order valence-electron chi connectivity index (χ1n) is 10.6. The minimum atomic E-state index is -0.821. The van der Waals surface area contributed by atoms with E-state index in [-0.39, 0.29) is 18.3 Å². The standard InChI is InChI=1S/C25H25ClN2O4/c26-21-8-10-28(31)24(16-21)27-9-3-11-32-22-7-6-17-12-20(15-25(29)30)23-5-2-1-4-18(23)13-19(17)14-22/h1-2,4-8,10,12,14,16-17,19,31H,3,9,11,13,15H2,(H,29,30). The second-order valence-electron chi connectivity index (χ2n) is 7.92. The van der Waals surface area contributed by atoms with Crippen LogP contribution in [0.4, 0.5) is 0 Å². The molecule has 4 rings (SSSR count). The third-order valence-electron chi connectivity index (χ3n) is 5.63. The van der Waals surface area contributed by atoms with Crippen molar-refractivity contribution in [3.05, 3.63) is 94.3 Å². The average Bonchev–Trinajstić information content (AvgIpc) is 2.91. The lowest BCUT2D eigenvalue weighted by Gasteiger charge is -2.23. The van der Waals surface area contributed by atoms with Gasteiger partial charge in [0.15, 0.2) is 5.49 Å². The number of carbonyl (C=O) groups is 1. The number of hydrogen-bond donors (Lipinski definition) is 2. The van der Waals surface area contributed by atoms with Gasteiger partial charge in [-0.15, -0.1) is 0 Å². The summed E-state index contributed by atoms with van der Waals surface area (Å²) >= 11 is 5.93. The Morgan fingerprint density at radius 3 is 2.94 bits per heavy atom. The molecule has 0 aliphatic heterocycles. The zero-order chi connectivity index (χ0) is 22.5. The van der Waals surface area contributed by atoms with E-state index in [2.05, 4.69) is 29.3 Å². The topological polar surface area (TPSA) is 84.0 Å². The molecular formula is C25H25ClN2O4. The Balaban J connectivity index is 1.40. The number of aliphatic carboxylic acids is 1. The van der Waals surface area contributed by atoms with Crippen LogP contribution >= 0.6 is 11.6 Å². The van der Waals surface area contributed by atoms with E-state index in [1.54, 1.807) is 12.1 Å². The van der Waals surface area contributed by atoms with Crippen molar-refractivity contribution in [2.24, 2.45) is 16.8 Å². The number of rotatable bonds is 7. The molecule has 7 heteroatoms. The normalized spacial score (nSPS) is 20.0. The Kier molecular flexibility index (Phi) is 6.81. The van der Waals surface area contributed by atoms with Crippen molar-refractivity contribution in [3.63, 3.8) is 0 Å². The second kappa shape index (κ2) is 9.92. The molecule has 32 heavy (non-hydrogen) atoms. The number of ether oxygens (including phenoxy) is 1. The van der Waals surface area contributed by atoms with E-state index in [1.165, 1.54) is 6.20 Å². The Bertz CT molecular complexity index is 1160. The summed E-state index contributed by atoms with van der Waals surface area (Å²) in [7, 11) is 0. The molecule has 0 radical (unpaired) electrons. The summed E-state index contributed by atoms with van der Waals surface area (Å²) in [5.74, 6) is 0.353. The molecule has 0 saturated heterocycles. The molecule has 6 nitrogen and oxygen atoms in total. The first-order valence-corrected chi connectivity index (χ1v) is 11.0. The number of fused-ring (bicyclic) bond motifs is 2. The van der Waals surface area contributed by atoms with Crippen molar-refractivity contribution in [1.29, 1.82) is 0 Å². The summed E-state index contributed by atoms with van der Waals surface area (Å²) in [4.78, 5) is 15.7. The van der Waals surface area contributed by atoms with Gasteiger partial charge in [-0.05, 0) is 47.3 Å². The fourth-order valence-electron chi connectivity index (χ4n) is 4.12. The molecule has 1 aromatic heterocycles. The third kappa shape index (κ3) is 5.32. The van der Waals surface area contributed by atoms with Gasteiger partial charge < -0.3 is 15.1 Å². The number of carboxylic acid groups (broad SMARTS) is 1. The first kappa shape index (κ1) is 22.0. The van der Waals surface area contributed by atoms with Crippen molar-refractivity contribution in [2.45, 2.75) is 19.3 Å². The SMILES string of the molecule is O=C(O)CC1=CC2C=CC(OCCCN=c3cc(Cl)ccn3O)=CC2Cc2ccccc21. The molecule has 2 N–H and O–H groups in total. The first-order chi connectivity index (χ1) is 15.5. The third-order valence-corrected chi connectivity index (χ3v) is 5.87. The maximum absolute atomic E-state index is 11.4. The number of hydrogen-bond acceptors (Lipinski definition) is 4. The predicted molar refractivity (Wildman–Crippen MR) is 122 cm³/mol. The van der Waals surface area contributed by atoms with Gasteiger partial charge in [0.25, 0.3) is 0 Å². The summed E-state index contributed by atoms with van der Waals surface area (Å²) in [5.41, 5.74) is 3.46. The number of halogens is 1. The summed E-state index contributed by atoms with van der Waals surface area (Å²) in [6.07, 6.45) is 11.3. The molecule has 2 aromatic rings. The molecular weight excluding hydrogens is 428 g/mol. The van der Waals surface area contributed by atoms with Gasteiger partial charge in [0.05, 0.1) is 13.0 Å². The summed E-state index contributed by atoms with van der Waals surface area (Å²) < 4.78 is 6.89. The molecule has 0 fully saturated rings. The lowest BCUT2D eigenvalue weighted by molar-refractivity contribution is -0.135. The molecule has 0 spiro atoms. The minimum absolute atomic E-state index is 0.0190. The van der Waals surface area contributed by atoms with Crippen LogP contribution in [0.2, 0.25) is 5.02 Å². The number of pyridine rings is 1. The number of carboxylic acids is 1. The molecule has 2 aliphatic carbocycles. The van der Waals surface area contributed by atoms with Gasteiger partial charge in [-0.25, -0.2) is 0 Å². The van der Waals surface area contributed by atoms with Gasteiger partial charge >= 0.3 is 5.97 Å². The molecule has 166 valence electrons. The van der Waals surface area contributed by atoms with Crippen molar-refractivity contribution >= 4 is 23.1 Å². The lowest BCUT2D eigenvalue weighted by Crippen LogP contribution is -2.18. The van der Waals surface area contributed by atoms with Crippen molar-refractivity contribution in [2.75, 3.05) is 13.2 Å². The van der Waals surface area contributed by atoms with Crippen LogP contribution in [0, 0.1) is 11.8 Å². The van der Waals surface area contributed by atoms with E-state index in [1.807, 2.05) is 24.3 Å². The van der Waals surface area contributed by atoms with Crippen molar-refractivity contribution in [1.82, 2.24) is 4.73 Å². The van der Waals surface area contributed by atoms with E-state index in [4.69, 9.17) is 16.3 Å². The van der Waals surface area contributed by atoms with E-state index >= 15 is 0 Å². The largest absolute Gasteiger partial charge is 0.494 e. The molecule has 2 atom stereocenters. The average molecular weight is 453 g/mol. The molecule has 0 amide bonds. The van der Waals surface area contributed by atoms with Crippen LogP contribution in [-0.2, 0) is 16.0 Å². The predicted octanol–water partition coefficient (Wildman–Crippen LogP) is 4.49. The number of benzene rings is 1. The second-order valence-corrected chi connectivity index (χ2v) is 8.36. The van der Waals surface area contributed by atoms with Gasteiger partial charge in [-0.2, -0.15) is 4.73 Å². The molecule has 2 aliphatic rings. The van der Waals surface area contributed by atoms with E-state index in [0.29, 0.717) is 30.1 Å². The zero-order valence-electron chi connectivity index (χ0n) is 17.5. The Hall–Kier alpha value is -3.25. The van der Waals surface area contributed by atoms with E-state index in [0.717, 1.165) is 33.6 Å². The molecule has 1 heterocycles. The van der Waals surface area contributed by atoms with Gasteiger partial charge in [0.2, 0.25) is 0 Å². The van der Waals surface area contributed by atoms with Gasteiger partial charge in [-0.3, -0.25) is 9.79 Å². The summed E-state index contributed by atoms with van der Waals surface area (Å²) in [6, 6.07) is 11.2. The maximum Gasteiger partial charge on any atom is 0.307 e. The quantitative estimate of drug-likeness (QED) is 0.479. The van der Waals surface area contributed by atoms with E-state index in [9.17, 15) is 15.1 Å². The fourth-order valence-corrected chi connectivity index (χ4v) is 4.28. The van der Waals surface area contributed by atoms with Crippen LogP contribution in [0.5, 0.6) is 0 Å². The lowest BCUT2D eigenvalue weighted by atomic mass is 9.84. The van der Waals surface area contributed by atoms with Crippen molar-refractivity contribution < 1.29 is 19.8 Å². The highest BCUT2D eigenvalue weighted by molar-refractivity contribution is 6.30. The fraction of sp³-hybridized carbons (Fsp3) is 0.280. The number of aromatic nitrogens is 1. The highest BCUT2D eigenvalue weighted by Gasteiger charge is 2.26. The van der Waals surface area contributed by atoms with Crippen molar-refractivity contribution in [3.8, 4) is 0 Å². The van der Waals surface area contributed by atoms with Crippen LogP contribution in [0.3, 0.4) is 0 Å². The zero-order valence-corrected chi connectivity index (χ0v) is 18.3. The van der Waals surface area contributed by atoms with Gasteiger partial charge in [0, 0.05) is 36.2 Å². The Morgan fingerprint density at radius 2 is 2.09 bits per heavy atom. The Labute approximate surface area is 191 Å². The molecule has 1 aromatic carbocycles. The van der Waals surface area contributed by atoms with Gasteiger partial charge in [-0.1, -0.05) is 48.0 Å². The van der Waals surface area contributed by atoms with Crippen LogP contribution < -0.4 is 5.49 Å². The minimum Gasteiger partial charge on any atom is -0.494 e. The number of allylic oxidation sites excluding steroid dienone is 4. The molecule has 2 unspecified atom stereocenters. The highest BCUT2D eigenvalue weighted by Crippen LogP contribution is 2.37. The van der Waals surface area contributed by atoms with Crippen LogP contribution in [0.15, 0.2) is 77.7 Å². The van der Waals surface area contributed by atoms with Crippen LogP contribution in [-0.4, -0.2) is 34.2 Å². The smallest absolute Gasteiger partial charge is 0.307 e. The van der Waals surface area contributed by atoms with Crippen LogP contribution in [0.25, 0.3) is 5.57 Å². The van der Waals surface area contributed by atoms with Crippen LogP contribution in [0.1, 0.15) is 24.0 Å².